The molecule has 0 spiro atoms. The van der Waals surface area contributed by atoms with Crippen LogP contribution in [0.3, 0.4) is 0 Å². The summed E-state index contributed by atoms with van der Waals surface area (Å²) in [5.74, 6) is 0. The van der Waals surface area contributed by atoms with Crippen LogP contribution in [0.5, 0.6) is 0 Å². The zero-order chi connectivity index (χ0) is 12.6. The molecule has 0 aliphatic rings. The van der Waals surface area contributed by atoms with Crippen LogP contribution >= 0.6 is 0 Å². The minimum absolute atomic E-state index is 1.04. The molecule has 0 radical (unpaired) electrons. The molecule has 0 heteroatoms. The van der Waals surface area contributed by atoms with Crippen LogP contribution < -0.4 is 0 Å². The lowest BCUT2D eigenvalue weighted by atomic mass is 10.0. The molecule has 2 aromatic rings. The predicted molar refractivity (Wildman–Crippen MR) is 80.3 cm³/mol. The minimum Gasteiger partial charge on any atom is -0.103 e. The van der Waals surface area contributed by atoms with Gasteiger partial charge in [0, 0.05) is 0 Å². The van der Waals surface area contributed by atoms with Gasteiger partial charge in [-0.1, -0.05) is 72.8 Å². The van der Waals surface area contributed by atoms with Crippen LogP contribution in [-0.4, -0.2) is 0 Å². The number of rotatable bonds is 5. The quantitative estimate of drug-likeness (QED) is 0.484. The lowest BCUT2D eigenvalue weighted by Crippen LogP contribution is -1.77. The van der Waals surface area contributed by atoms with Crippen molar-refractivity contribution in [3.8, 4) is 11.1 Å². The molecule has 2 rings (SSSR count). The van der Waals surface area contributed by atoms with Crippen molar-refractivity contribution >= 4 is 6.08 Å². The van der Waals surface area contributed by atoms with Crippen LogP contribution in [0.25, 0.3) is 17.2 Å². The molecule has 2 aromatic carbocycles. The number of benzene rings is 2. The van der Waals surface area contributed by atoms with Gasteiger partial charge in [-0.15, -0.1) is 6.58 Å². The molecule has 90 valence electrons. The highest BCUT2D eigenvalue weighted by Crippen LogP contribution is 2.19. The molecule has 0 saturated heterocycles. The summed E-state index contributed by atoms with van der Waals surface area (Å²) in [6.07, 6.45) is 8.41. The van der Waals surface area contributed by atoms with Crippen molar-refractivity contribution in [2.45, 2.75) is 12.8 Å². The van der Waals surface area contributed by atoms with Crippen LogP contribution in [0, 0.1) is 0 Å². The van der Waals surface area contributed by atoms with Gasteiger partial charge in [-0.3, -0.25) is 0 Å². The van der Waals surface area contributed by atoms with Crippen LogP contribution in [0.2, 0.25) is 0 Å². The summed E-state index contributed by atoms with van der Waals surface area (Å²) < 4.78 is 0. The van der Waals surface area contributed by atoms with Gasteiger partial charge in [-0.05, 0) is 29.5 Å². The van der Waals surface area contributed by atoms with E-state index in [1.165, 1.54) is 16.7 Å². The third-order valence-corrected chi connectivity index (χ3v) is 2.87. The van der Waals surface area contributed by atoms with E-state index < -0.39 is 0 Å². The number of hydrogen-bond acceptors (Lipinski definition) is 0. The third kappa shape index (κ3) is 3.46. The summed E-state index contributed by atoms with van der Waals surface area (Å²) in [5, 5.41) is 0. The van der Waals surface area contributed by atoms with E-state index in [-0.39, 0.29) is 0 Å². The molecule has 0 amide bonds. The molecule has 0 bridgehead atoms. The molecule has 0 aliphatic carbocycles. The highest BCUT2D eigenvalue weighted by atomic mass is 14.0. The van der Waals surface area contributed by atoms with Gasteiger partial charge >= 0.3 is 0 Å². The van der Waals surface area contributed by atoms with Gasteiger partial charge < -0.3 is 0 Å². The highest BCUT2D eigenvalue weighted by Gasteiger charge is 1.95. The lowest BCUT2D eigenvalue weighted by Gasteiger charge is -2.01. The summed E-state index contributed by atoms with van der Waals surface area (Å²) in [6, 6.07) is 19.1. The van der Waals surface area contributed by atoms with Crippen molar-refractivity contribution in [1.29, 1.82) is 0 Å². The fourth-order valence-electron chi connectivity index (χ4n) is 1.85. The van der Waals surface area contributed by atoms with Crippen molar-refractivity contribution in [2.75, 3.05) is 0 Å². The number of hydrogen-bond donors (Lipinski definition) is 0. The smallest absolute Gasteiger partial charge is 0.0184 e. The maximum atomic E-state index is 3.72. The van der Waals surface area contributed by atoms with E-state index >= 15 is 0 Å². The minimum atomic E-state index is 1.04. The van der Waals surface area contributed by atoms with Crippen LogP contribution in [0.4, 0.5) is 0 Å². The molecule has 0 atom stereocenters. The van der Waals surface area contributed by atoms with Gasteiger partial charge in [-0.25, -0.2) is 0 Å². The topological polar surface area (TPSA) is 0 Å². The Balaban J connectivity index is 2.06. The number of allylic oxidation sites excluding steroid dienone is 2. The summed E-state index contributed by atoms with van der Waals surface area (Å²) >= 11 is 0. The molecule has 0 saturated carbocycles. The second-order valence-electron chi connectivity index (χ2n) is 4.26. The van der Waals surface area contributed by atoms with Gasteiger partial charge in [0.25, 0.3) is 0 Å². The Morgan fingerprint density at radius 2 is 1.44 bits per heavy atom. The Kier molecular flexibility index (Phi) is 4.54. The van der Waals surface area contributed by atoms with Crippen molar-refractivity contribution in [3.63, 3.8) is 0 Å². The third-order valence-electron chi connectivity index (χ3n) is 2.87. The summed E-state index contributed by atoms with van der Waals surface area (Å²) in [4.78, 5) is 0. The molecule has 0 heterocycles. The molecule has 0 fully saturated rings. The van der Waals surface area contributed by atoms with Gasteiger partial charge in [0.05, 0.1) is 0 Å². The second kappa shape index (κ2) is 6.61. The van der Waals surface area contributed by atoms with Crippen molar-refractivity contribution < 1.29 is 0 Å². The van der Waals surface area contributed by atoms with Crippen molar-refractivity contribution in [3.05, 3.63) is 78.9 Å². The zero-order valence-electron chi connectivity index (χ0n) is 10.5. The van der Waals surface area contributed by atoms with E-state index in [9.17, 15) is 0 Å². The molecular formula is C18H18. The normalized spacial score (nSPS) is 10.7. The maximum absolute atomic E-state index is 3.72. The molecule has 0 nitrogen and oxygen atoms in total. The zero-order valence-corrected chi connectivity index (χ0v) is 10.5. The molecule has 18 heavy (non-hydrogen) atoms. The van der Waals surface area contributed by atoms with Gasteiger partial charge in [0.15, 0.2) is 0 Å². The van der Waals surface area contributed by atoms with Crippen molar-refractivity contribution in [1.82, 2.24) is 0 Å². The first-order valence-electron chi connectivity index (χ1n) is 6.33. The van der Waals surface area contributed by atoms with Gasteiger partial charge in [-0.2, -0.15) is 0 Å². The summed E-state index contributed by atoms with van der Waals surface area (Å²) in [5.41, 5.74) is 3.78. The summed E-state index contributed by atoms with van der Waals surface area (Å²) in [7, 11) is 0. The average molecular weight is 234 g/mol. The Bertz CT molecular complexity index is 503. The van der Waals surface area contributed by atoms with Crippen LogP contribution in [0.1, 0.15) is 18.4 Å². The van der Waals surface area contributed by atoms with E-state index in [4.69, 9.17) is 0 Å². The fourth-order valence-corrected chi connectivity index (χ4v) is 1.85. The molecule has 0 N–H and O–H groups in total. The van der Waals surface area contributed by atoms with E-state index in [1.54, 1.807) is 0 Å². The first kappa shape index (κ1) is 12.4. The average Bonchev–Trinajstić information content (AvgIpc) is 2.45. The molecule has 0 aromatic heterocycles. The maximum Gasteiger partial charge on any atom is -0.0184 e. The van der Waals surface area contributed by atoms with Crippen LogP contribution in [0.15, 0.2) is 73.3 Å². The second-order valence-corrected chi connectivity index (χ2v) is 4.26. The first-order chi connectivity index (χ1) is 8.90. The predicted octanol–water partition coefficient (Wildman–Crippen LogP) is 5.33. The van der Waals surface area contributed by atoms with E-state index in [0.717, 1.165) is 12.8 Å². The Morgan fingerprint density at radius 1 is 0.778 bits per heavy atom. The Hall–Kier alpha value is -2.08. The monoisotopic (exact) mass is 234 g/mol. The molecule has 0 unspecified atom stereocenters. The standard InChI is InChI=1S/C18H18/c1-2-3-4-6-9-16-12-14-18(15-13-16)17-10-7-5-8-11-17/h2,5-15H,1,3-4H2/b9-6+. The van der Waals surface area contributed by atoms with Gasteiger partial charge in [0.2, 0.25) is 0 Å². The largest absolute Gasteiger partial charge is 0.103 e. The fraction of sp³-hybridized carbons (Fsp3) is 0.111. The highest BCUT2D eigenvalue weighted by molar-refractivity contribution is 5.65. The number of unbranched alkanes of at least 4 members (excludes halogenated alkanes) is 1. The van der Waals surface area contributed by atoms with Crippen molar-refractivity contribution in [2.24, 2.45) is 0 Å². The van der Waals surface area contributed by atoms with E-state index in [0.29, 0.717) is 0 Å². The van der Waals surface area contributed by atoms with E-state index in [1.807, 2.05) is 12.1 Å². The first-order valence-corrected chi connectivity index (χ1v) is 6.33. The molecular weight excluding hydrogens is 216 g/mol. The Labute approximate surface area is 109 Å². The lowest BCUT2D eigenvalue weighted by molar-refractivity contribution is 1.06. The SMILES string of the molecule is C=CCC/C=C/c1ccc(-c2ccccc2)cc1. The molecule has 0 aliphatic heterocycles. The van der Waals surface area contributed by atoms with Crippen LogP contribution in [-0.2, 0) is 0 Å². The van der Waals surface area contributed by atoms with Gasteiger partial charge in [0.1, 0.15) is 0 Å². The summed E-state index contributed by atoms with van der Waals surface area (Å²) in [6.45, 7) is 3.72. The Morgan fingerprint density at radius 3 is 2.11 bits per heavy atom. The van der Waals surface area contributed by atoms with E-state index in [2.05, 4.69) is 67.3 Å².